The topological polar surface area (TPSA) is 117 Å². The van der Waals surface area contributed by atoms with Crippen molar-refractivity contribution >= 4 is 24.9 Å². The molecule has 0 aliphatic heterocycles. The molecule has 33 heavy (non-hydrogen) atoms. The first kappa shape index (κ1) is 28.5. The van der Waals surface area contributed by atoms with E-state index in [2.05, 4.69) is 4.74 Å². The molecule has 0 saturated carbocycles. The summed E-state index contributed by atoms with van der Waals surface area (Å²) in [6.45, 7) is 2.83. The third-order valence-electron chi connectivity index (χ3n) is 3.89. The number of non-ortho nitro benzene ring substituents is 1. The molecule has 1 atom stereocenters. The molecule has 1 N–H and O–H groups in total. The number of hydrogen-bond donors (Lipinski definition) is 1. The molecule has 0 spiro atoms. The van der Waals surface area contributed by atoms with Gasteiger partial charge in [-0.3, -0.25) is 14.7 Å². The number of benzene rings is 1. The number of anilines is 1. The maximum absolute atomic E-state index is 14.7. The maximum atomic E-state index is 14.7. The predicted octanol–water partition coefficient (Wildman–Crippen LogP) is 5.29. The van der Waals surface area contributed by atoms with Gasteiger partial charge in [-0.05, 0) is 32.9 Å². The monoisotopic (exact) mass is 504 g/mol. The molecule has 0 aromatic heterocycles. The van der Waals surface area contributed by atoms with Crippen molar-refractivity contribution < 1.29 is 50.0 Å². The number of nitrogens with one attached hydrogen (secondary N) is 1. The first-order chi connectivity index (χ1) is 15.2. The highest BCUT2D eigenvalue weighted by Crippen LogP contribution is 2.60. The van der Waals surface area contributed by atoms with Gasteiger partial charge >= 0.3 is 25.7 Å². The van der Waals surface area contributed by atoms with Crippen LogP contribution in [0.1, 0.15) is 20.8 Å². The van der Waals surface area contributed by atoms with E-state index in [9.17, 15) is 41.4 Å². The number of ether oxygens (including phenoxy) is 1. The molecule has 1 aromatic carbocycles. The van der Waals surface area contributed by atoms with Gasteiger partial charge in [0.25, 0.3) is 5.69 Å². The summed E-state index contributed by atoms with van der Waals surface area (Å²) in [5.74, 6) is -6.96. The highest BCUT2D eigenvalue weighted by Gasteiger charge is 2.65. The summed E-state index contributed by atoms with van der Waals surface area (Å²) in [6, 6.07) is 0.277. The Morgan fingerprint density at radius 2 is 1.61 bits per heavy atom. The third kappa shape index (κ3) is 7.21. The van der Waals surface area contributed by atoms with Crippen molar-refractivity contribution in [1.29, 1.82) is 0 Å². The third-order valence-corrected chi connectivity index (χ3v) is 6.11. The van der Waals surface area contributed by atoms with E-state index >= 15 is 0 Å². The van der Waals surface area contributed by atoms with Crippen LogP contribution < -0.4 is 5.32 Å². The molecule has 0 aliphatic carbocycles. The van der Waals surface area contributed by atoms with Gasteiger partial charge in [-0.1, -0.05) is 0 Å². The first-order valence-corrected chi connectivity index (χ1v) is 11.0. The lowest BCUT2D eigenvalue weighted by atomic mass is 10.1. The van der Waals surface area contributed by atoms with Crippen LogP contribution in [0, 0.1) is 10.1 Å². The van der Waals surface area contributed by atoms with E-state index in [1.807, 2.05) is 5.32 Å². The molecule has 1 unspecified atom stereocenters. The lowest BCUT2D eigenvalue weighted by Crippen LogP contribution is -2.52. The Bertz CT molecular complexity index is 896. The van der Waals surface area contributed by atoms with Gasteiger partial charge in [0.1, 0.15) is 6.04 Å². The number of nitrogens with zero attached hydrogens (tertiary/aromatic N) is 1. The number of nitro groups is 1. The van der Waals surface area contributed by atoms with Crippen LogP contribution in [0.25, 0.3) is 0 Å². The number of alkyl halides is 5. The lowest BCUT2D eigenvalue weighted by molar-refractivity contribution is -0.384. The van der Waals surface area contributed by atoms with Gasteiger partial charge in [0.15, 0.2) is 0 Å². The minimum atomic E-state index is -6.16. The van der Waals surface area contributed by atoms with Crippen LogP contribution in [-0.2, 0) is 23.1 Å². The Hall–Kier alpha value is -2.57. The number of nitro benzene ring substituents is 1. The number of carbonyl (C=O) groups excluding carboxylic acids is 1. The van der Waals surface area contributed by atoms with Crippen molar-refractivity contribution in [1.82, 2.24) is 0 Å². The highest BCUT2D eigenvalue weighted by molar-refractivity contribution is 7.58. The summed E-state index contributed by atoms with van der Waals surface area (Å²) in [5.41, 5.74) is -0.889. The quantitative estimate of drug-likeness (QED) is 0.102. The molecule has 1 aromatic rings. The zero-order valence-electron chi connectivity index (χ0n) is 17.7. The van der Waals surface area contributed by atoms with Crippen LogP contribution in [0.5, 0.6) is 0 Å². The summed E-state index contributed by atoms with van der Waals surface area (Å²) in [7, 11) is -4.88. The van der Waals surface area contributed by atoms with Gasteiger partial charge in [0.05, 0.1) is 30.1 Å². The fraction of sp³-hybridized carbons (Fsp3) is 0.500. The van der Waals surface area contributed by atoms with Crippen LogP contribution in [0.15, 0.2) is 35.7 Å². The Kier molecular flexibility index (Phi) is 9.94. The second-order valence-corrected chi connectivity index (χ2v) is 8.18. The second kappa shape index (κ2) is 11.5. The average molecular weight is 504 g/mol. The van der Waals surface area contributed by atoms with E-state index < -0.39 is 66.5 Å². The van der Waals surface area contributed by atoms with Crippen LogP contribution in [-0.4, -0.2) is 48.9 Å². The van der Waals surface area contributed by atoms with Gasteiger partial charge in [0.2, 0.25) is 0 Å². The smallest absolute Gasteiger partial charge is 0.455 e. The largest absolute Gasteiger partial charge is 0.463 e. The van der Waals surface area contributed by atoms with Crippen LogP contribution >= 0.6 is 7.60 Å². The van der Waals surface area contributed by atoms with Crippen molar-refractivity contribution in [3.63, 3.8) is 0 Å². The van der Waals surface area contributed by atoms with Crippen LogP contribution in [0.2, 0.25) is 0 Å². The van der Waals surface area contributed by atoms with E-state index in [-0.39, 0.29) is 12.7 Å². The molecule has 0 fully saturated rings. The molecule has 9 nitrogen and oxygen atoms in total. The summed E-state index contributed by atoms with van der Waals surface area (Å²) in [4.78, 5) is 22.0. The van der Waals surface area contributed by atoms with Crippen molar-refractivity contribution in [2.45, 2.75) is 38.9 Å². The fourth-order valence-electron chi connectivity index (χ4n) is 2.51. The van der Waals surface area contributed by atoms with Gasteiger partial charge in [0, 0.05) is 23.9 Å². The Balaban J connectivity index is 3.76. The highest BCUT2D eigenvalue weighted by atomic mass is 31.2. The summed E-state index contributed by atoms with van der Waals surface area (Å²) in [5, 5.41) is 11.3. The fourth-order valence-corrected chi connectivity index (χ4v) is 4.37. The zero-order chi connectivity index (χ0) is 25.4. The number of carbonyl (C=O) groups is 1. The summed E-state index contributed by atoms with van der Waals surface area (Å²) >= 11 is 0. The second-order valence-electron chi connectivity index (χ2n) is 6.16. The Morgan fingerprint density at radius 3 is 2.00 bits per heavy atom. The van der Waals surface area contributed by atoms with Crippen molar-refractivity contribution in [3.8, 4) is 0 Å². The molecule has 0 radical (unpaired) electrons. The van der Waals surface area contributed by atoms with Crippen molar-refractivity contribution in [2.24, 2.45) is 0 Å². The normalized spacial score (nSPS) is 14.0. The molecule has 0 heterocycles. The van der Waals surface area contributed by atoms with Crippen LogP contribution in [0.4, 0.5) is 33.3 Å². The Morgan fingerprint density at radius 1 is 1.09 bits per heavy atom. The Labute approximate surface area is 185 Å². The molecule has 1 rings (SSSR count). The van der Waals surface area contributed by atoms with Crippen molar-refractivity contribution in [3.05, 3.63) is 45.8 Å². The van der Waals surface area contributed by atoms with Crippen LogP contribution in [0.3, 0.4) is 0 Å². The van der Waals surface area contributed by atoms with Gasteiger partial charge in [-0.2, -0.15) is 22.0 Å². The minimum absolute atomic E-state index is 0.207. The van der Waals surface area contributed by atoms with E-state index in [1.165, 1.54) is 20.8 Å². The van der Waals surface area contributed by atoms with Gasteiger partial charge < -0.3 is 19.1 Å². The number of halogens is 5. The first-order valence-electron chi connectivity index (χ1n) is 9.47. The molecule has 0 amide bonds. The molecule has 0 aliphatic rings. The molecular weight excluding hydrogens is 482 g/mol. The van der Waals surface area contributed by atoms with E-state index in [0.717, 1.165) is 24.3 Å². The summed E-state index contributed by atoms with van der Waals surface area (Å²) < 4.78 is 97.1. The maximum Gasteiger partial charge on any atom is 0.455 e. The zero-order valence-corrected chi connectivity index (χ0v) is 18.6. The SMILES string of the molecule is CCOC(=O)/C=C(/C(Nc1ccc([N+](=O)[O-])cc1)C(F)(F)C(F)(F)F)P(=O)(OCC)OCC. The predicted molar refractivity (Wildman–Crippen MR) is 107 cm³/mol. The molecule has 15 heteroatoms. The number of hydrogen-bond acceptors (Lipinski definition) is 8. The average Bonchev–Trinajstić information content (AvgIpc) is 2.70. The molecular formula is C18H22F5N2O7P. The molecule has 0 saturated heterocycles. The molecule has 186 valence electrons. The van der Waals surface area contributed by atoms with E-state index in [4.69, 9.17) is 9.05 Å². The summed E-state index contributed by atoms with van der Waals surface area (Å²) in [6.07, 6.45) is -5.96. The van der Waals surface area contributed by atoms with Gasteiger partial charge in [-0.15, -0.1) is 0 Å². The number of rotatable bonds is 12. The van der Waals surface area contributed by atoms with E-state index in [1.54, 1.807) is 0 Å². The van der Waals surface area contributed by atoms with Crippen molar-refractivity contribution in [2.75, 3.05) is 25.1 Å². The van der Waals surface area contributed by atoms with E-state index in [0.29, 0.717) is 0 Å². The van der Waals surface area contributed by atoms with Gasteiger partial charge in [-0.25, -0.2) is 4.79 Å². The minimum Gasteiger partial charge on any atom is -0.463 e. The lowest BCUT2D eigenvalue weighted by Gasteiger charge is -2.34. The molecule has 0 bridgehead atoms. The number of esters is 1. The standard InChI is InChI=1S/C18H22F5N2O7P/c1-4-30-15(26)11-14(33(29,31-5-2)32-6-3)16(17(19,20)18(21,22)23)24-12-7-9-13(10-8-12)25(27)28/h7-11,16,24H,4-6H2,1-3H3/b14-11-.